The highest BCUT2D eigenvalue weighted by atomic mass is 16.2. The van der Waals surface area contributed by atoms with Crippen molar-refractivity contribution in [1.82, 2.24) is 25.1 Å². The van der Waals surface area contributed by atoms with E-state index in [1.165, 1.54) is 0 Å². The van der Waals surface area contributed by atoms with Crippen LogP contribution in [-0.4, -0.2) is 70.3 Å². The number of aryl methyl sites for hydroxylation is 2. The molecule has 2 amide bonds. The monoisotopic (exact) mass is 375 g/mol. The molecule has 27 heavy (non-hydrogen) atoms. The van der Waals surface area contributed by atoms with Gasteiger partial charge in [0.2, 0.25) is 11.8 Å². The van der Waals surface area contributed by atoms with Crippen molar-refractivity contribution >= 4 is 11.8 Å². The quantitative estimate of drug-likeness (QED) is 0.783. The number of carbonyl (C=O) groups excluding carboxylic acids is 2. The van der Waals surface area contributed by atoms with E-state index < -0.39 is 5.54 Å². The van der Waals surface area contributed by atoms with Crippen LogP contribution in [-0.2, 0) is 16.0 Å². The summed E-state index contributed by atoms with van der Waals surface area (Å²) >= 11 is 0. The number of hydrogen-bond acceptors (Lipinski definition) is 5. The van der Waals surface area contributed by atoms with Crippen LogP contribution < -0.4 is 11.0 Å². The average Bonchev–Trinajstić information content (AvgIpc) is 2.75. The van der Waals surface area contributed by atoms with Gasteiger partial charge < -0.3 is 15.2 Å². The maximum Gasteiger partial charge on any atom is 0.345 e. The van der Waals surface area contributed by atoms with Gasteiger partial charge >= 0.3 is 5.69 Å². The topological polar surface area (TPSA) is 98.4 Å². The first-order chi connectivity index (χ1) is 12.8. The minimum Gasteiger partial charge on any atom is -0.354 e. The molecule has 1 aromatic rings. The van der Waals surface area contributed by atoms with Gasteiger partial charge in [-0.1, -0.05) is 0 Å². The molecule has 8 heteroatoms. The molecule has 2 fully saturated rings. The first-order valence-electron chi connectivity index (χ1n) is 9.67. The van der Waals surface area contributed by atoms with Crippen molar-refractivity contribution in [2.24, 2.45) is 0 Å². The van der Waals surface area contributed by atoms with Crippen LogP contribution in [0.5, 0.6) is 0 Å². The van der Waals surface area contributed by atoms with Crippen molar-refractivity contribution in [3.63, 3.8) is 0 Å². The summed E-state index contributed by atoms with van der Waals surface area (Å²) < 4.78 is 0. The number of nitrogens with zero attached hydrogens (tertiary/aromatic N) is 3. The lowest BCUT2D eigenvalue weighted by Gasteiger charge is -2.45. The second kappa shape index (κ2) is 7.80. The van der Waals surface area contributed by atoms with Gasteiger partial charge in [-0.25, -0.2) is 4.79 Å². The molecule has 8 nitrogen and oxygen atoms in total. The summed E-state index contributed by atoms with van der Waals surface area (Å²) in [7, 11) is 2.01. The molecule has 1 aromatic heterocycles. The van der Waals surface area contributed by atoms with E-state index in [4.69, 9.17) is 0 Å². The Labute approximate surface area is 159 Å². The van der Waals surface area contributed by atoms with Gasteiger partial charge in [-0.3, -0.25) is 14.5 Å². The maximum absolute atomic E-state index is 12.7. The van der Waals surface area contributed by atoms with E-state index in [2.05, 4.69) is 20.2 Å². The van der Waals surface area contributed by atoms with Gasteiger partial charge in [0, 0.05) is 44.0 Å². The van der Waals surface area contributed by atoms with Crippen LogP contribution in [0.15, 0.2) is 4.79 Å². The molecule has 2 aliphatic heterocycles. The summed E-state index contributed by atoms with van der Waals surface area (Å²) in [6, 6.07) is 0. The van der Waals surface area contributed by atoms with Gasteiger partial charge in [0.05, 0.1) is 0 Å². The van der Waals surface area contributed by atoms with Crippen LogP contribution in [0.2, 0.25) is 0 Å². The van der Waals surface area contributed by atoms with Crippen molar-refractivity contribution in [2.45, 2.75) is 51.5 Å². The van der Waals surface area contributed by atoms with E-state index in [1.807, 2.05) is 18.9 Å². The Morgan fingerprint density at radius 1 is 1.19 bits per heavy atom. The largest absolute Gasteiger partial charge is 0.354 e. The Balaban J connectivity index is 1.60. The molecule has 0 unspecified atom stereocenters. The maximum atomic E-state index is 12.7. The summed E-state index contributed by atoms with van der Waals surface area (Å²) in [4.78, 5) is 47.3. The minimum atomic E-state index is -0.483. The van der Waals surface area contributed by atoms with Gasteiger partial charge in [-0.05, 0) is 52.1 Å². The number of carbonyl (C=O) groups is 2. The molecule has 0 aliphatic carbocycles. The predicted molar refractivity (Wildman–Crippen MR) is 101 cm³/mol. The Bertz CT molecular complexity index is 754. The summed E-state index contributed by atoms with van der Waals surface area (Å²) in [6.07, 6.45) is 3.23. The van der Waals surface area contributed by atoms with Gasteiger partial charge in [-0.2, -0.15) is 4.98 Å². The van der Waals surface area contributed by atoms with E-state index in [1.54, 1.807) is 6.92 Å². The molecular weight excluding hydrogens is 346 g/mol. The molecule has 2 saturated heterocycles. The summed E-state index contributed by atoms with van der Waals surface area (Å²) in [5.41, 5.74) is 1.54. The van der Waals surface area contributed by atoms with Crippen molar-refractivity contribution in [1.29, 1.82) is 0 Å². The van der Waals surface area contributed by atoms with E-state index in [-0.39, 0.29) is 17.5 Å². The fourth-order valence-corrected chi connectivity index (χ4v) is 4.32. The molecule has 0 atom stereocenters. The summed E-state index contributed by atoms with van der Waals surface area (Å²) in [5, 5.41) is 3.02. The highest BCUT2D eigenvalue weighted by molar-refractivity contribution is 5.87. The van der Waals surface area contributed by atoms with Gasteiger partial charge in [0.1, 0.15) is 5.54 Å². The fourth-order valence-electron chi connectivity index (χ4n) is 4.32. The first-order valence-corrected chi connectivity index (χ1v) is 9.67. The lowest BCUT2D eigenvalue weighted by atomic mass is 9.85. The van der Waals surface area contributed by atoms with Crippen LogP contribution >= 0.6 is 0 Å². The van der Waals surface area contributed by atoms with E-state index in [9.17, 15) is 14.4 Å². The molecule has 3 heterocycles. The van der Waals surface area contributed by atoms with Gasteiger partial charge in [0.15, 0.2) is 0 Å². The van der Waals surface area contributed by atoms with Crippen molar-refractivity contribution in [2.75, 3.05) is 33.2 Å². The Morgan fingerprint density at radius 2 is 1.89 bits per heavy atom. The van der Waals surface area contributed by atoms with E-state index in [0.717, 1.165) is 30.8 Å². The normalized spacial score (nSPS) is 20.4. The molecule has 2 aliphatic rings. The molecule has 1 spiro atoms. The standard InChI is InChI=1S/C19H29N5O3/c1-13-15(14(2)22-18(27)21-13)5-6-16(25)24-11-7-19(8-12-24)17(26)20-9-4-10-23(19)3/h4-12H2,1-3H3,(H,20,26)(H,21,22,27). The summed E-state index contributed by atoms with van der Waals surface area (Å²) in [6.45, 7) is 6.44. The van der Waals surface area contributed by atoms with E-state index in [0.29, 0.717) is 44.5 Å². The zero-order chi connectivity index (χ0) is 19.6. The second-order valence-electron chi connectivity index (χ2n) is 7.67. The number of aromatic amines is 1. The van der Waals surface area contributed by atoms with Crippen molar-refractivity contribution in [3.05, 3.63) is 27.4 Å². The number of likely N-dealkylation sites (tertiary alicyclic amines) is 1. The first kappa shape index (κ1) is 19.5. The number of H-pyrrole nitrogens is 1. The third-order valence-electron chi connectivity index (χ3n) is 6.09. The van der Waals surface area contributed by atoms with Gasteiger partial charge in [0.25, 0.3) is 0 Å². The highest BCUT2D eigenvalue weighted by Crippen LogP contribution is 2.30. The number of rotatable bonds is 3. The zero-order valence-electron chi connectivity index (χ0n) is 16.4. The predicted octanol–water partition coefficient (Wildman–Crippen LogP) is 0.132. The van der Waals surface area contributed by atoms with Crippen LogP contribution in [0.3, 0.4) is 0 Å². The van der Waals surface area contributed by atoms with Crippen LogP contribution in [0.1, 0.15) is 42.6 Å². The Hall–Kier alpha value is -2.22. The van der Waals surface area contributed by atoms with Crippen LogP contribution in [0, 0.1) is 13.8 Å². The highest BCUT2D eigenvalue weighted by Gasteiger charge is 2.45. The third kappa shape index (κ3) is 3.90. The lowest BCUT2D eigenvalue weighted by Crippen LogP contribution is -2.61. The molecule has 0 bridgehead atoms. The molecule has 3 rings (SSSR count). The number of nitrogens with one attached hydrogen (secondary N) is 2. The zero-order valence-corrected chi connectivity index (χ0v) is 16.4. The van der Waals surface area contributed by atoms with Crippen LogP contribution in [0.4, 0.5) is 0 Å². The third-order valence-corrected chi connectivity index (χ3v) is 6.09. The minimum absolute atomic E-state index is 0.0894. The molecule has 148 valence electrons. The Morgan fingerprint density at radius 3 is 2.56 bits per heavy atom. The molecule has 0 radical (unpaired) electrons. The second-order valence-corrected chi connectivity index (χ2v) is 7.67. The molecular formula is C19H29N5O3. The van der Waals surface area contributed by atoms with Crippen molar-refractivity contribution in [3.8, 4) is 0 Å². The Kier molecular flexibility index (Phi) is 5.64. The number of likely N-dealkylation sites (N-methyl/N-ethyl adjacent to an activating group) is 1. The molecule has 0 aromatic carbocycles. The number of hydrogen-bond donors (Lipinski definition) is 2. The molecule has 0 saturated carbocycles. The fraction of sp³-hybridized carbons (Fsp3) is 0.684. The number of aromatic nitrogens is 2. The molecule has 2 N–H and O–H groups in total. The smallest absolute Gasteiger partial charge is 0.345 e. The SMILES string of the molecule is Cc1nc(=O)[nH]c(C)c1CCC(=O)N1CCC2(CC1)C(=O)NCCCN2C. The number of piperidine rings is 1. The number of amides is 2. The summed E-state index contributed by atoms with van der Waals surface area (Å²) in [5.74, 6) is 0.187. The van der Waals surface area contributed by atoms with Crippen molar-refractivity contribution < 1.29 is 9.59 Å². The van der Waals surface area contributed by atoms with Gasteiger partial charge in [-0.15, -0.1) is 0 Å². The lowest BCUT2D eigenvalue weighted by molar-refractivity contribution is -0.141. The van der Waals surface area contributed by atoms with Crippen LogP contribution in [0.25, 0.3) is 0 Å². The van der Waals surface area contributed by atoms with E-state index >= 15 is 0 Å². The average molecular weight is 375 g/mol.